The number of nitrogens with one attached hydrogen (secondary N) is 1. The maximum absolute atomic E-state index is 14.9. The minimum absolute atomic E-state index is 0.136. The van der Waals surface area contributed by atoms with Crippen molar-refractivity contribution in [2.24, 2.45) is 5.92 Å². The van der Waals surface area contributed by atoms with Crippen LogP contribution in [0.5, 0.6) is 5.75 Å². The lowest BCUT2D eigenvalue weighted by Gasteiger charge is -2.41. The van der Waals surface area contributed by atoms with E-state index in [1.807, 2.05) is 0 Å². The fourth-order valence-corrected chi connectivity index (χ4v) is 4.10. The predicted molar refractivity (Wildman–Crippen MR) is 86.7 cm³/mol. The quantitative estimate of drug-likeness (QED) is 0.917. The Morgan fingerprint density at radius 1 is 1.13 bits per heavy atom. The van der Waals surface area contributed by atoms with Gasteiger partial charge >= 0.3 is 0 Å². The molecule has 1 saturated carbocycles. The van der Waals surface area contributed by atoms with E-state index in [2.05, 4.69) is 10.2 Å². The van der Waals surface area contributed by atoms with Crippen LogP contribution in [0.2, 0.25) is 0 Å². The van der Waals surface area contributed by atoms with Crippen LogP contribution in [0.15, 0.2) is 12.1 Å². The van der Waals surface area contributed by atoms with Crippen LogP contribution in [0.25, 0.3) is 0 Å². The summed E-state index contributed by atoms with van der Waals surface area (Å²) < 4.78 is 34.6. The summed E-state index contributed by atoms with van der Waals surface area (Å²) in [6.45, 7) is 3.40. The Kier molecular flexibility index (Phi) is 5.49. The highest BCUT2D eigenvalue weighted by Crippen LogP contribution is 2.41. The molecule has 128 valence electrons. The van der Waals surface area contributed by atoms with Crippen molar-refractivity contribution in [3.8, 4) is 5.75 Å². The number of hydrogen-bond donors (Lipinski definition) is 1. The average Bonchev–Trinajstić information content (AvgIpc) is 2.60. The van der Waals surface area contributed by atoms with Gasteiger partial charge in [-0.2, -0.15) is 0 Å². The molecule has 1 heterocycles. The standard InChI is InChI=1S/C18H26F2N2O/c1-23-15-8-7-14(19)16(17(15)20)18(13-5-3-2-4-6-13)22-11-9-21-10-12-22/h7-8,13,18,21H,2-6,9-12H2,1H3/t18-/m0/s1. The topological polar surface area (TPSA) is 24.5 Å². The minimum atomic E-state index is -0.526. The zero-order chi connectivity index (χ0) is 16.2. The number of nitrogens with zero attached hydrogens (tertiary/aromatic N) is 1. The highest BCUT2D eigenvalue weighted by Gasteiger charge is 2.35. The van der Waals surface area contributed by atoms with E-state index in [4.69, 9.17) is 4.74 Å². The van der Waals surface area contributed by atoms with Crippen molar-refractivity contribution in [3.05, 3.63) is 29.3 Å². The van der Waals surface area contributed by atoms with Crippen molar-refractivity contribution in [1.29, 1.82) is 0 Å². The Balaban J connectivity index is 2.00. The van der Waals surface area contributed by atoms with Gasteiger partial charge in [0.2, 0.25) is 0 Å². The Bertz CT molecular complexity index is 508. The molecule has 2 aliphatic rings. The number of ether oxygens (including phenoxy) is 1. The van der Waals surface area contributed by atoms with Gasteiger partial charge in [-0.3, -0.25) is 4.90 Å². The molecule has 1 aromatic carbocycles. The first-order chi connectivity index (χ1) is 11.2. The highest BCUT2D eigenvalue weighted by atomic mass is 19.1. The van der Waals surface area contributed by atoms with Gasteiger partial charge in [-0.15, -0.1) is 0 Å². The van der Waals surface area contributed by atoms with Gasteiger partial charge in [0.25, 0.3) is 0 Å². The summed E-state index contributed by atoms with van der Waals surface area (Å²) in [7, 11) is 1.43. The average molecular weight is 324 g/mol. The molecule has 0 amide bonds. The Morgan fingerprint density at radius 2 is 1.83 bits per heavy atom. The van der Waals surface area contributed by atoms with Crippen molar-refractivity contribution < 1.29 is 13.5 Å². The molecule has 1 atom stereocenters. The first-order valence-corrected chi connectivity index (χ1v) is 8.69. The van der Waals surface area contributed by atoms with Gasteiger partial charge < -0.3 is 10.1 Å². The first kappa shape index (κ1) is 16.7. The van der Waals surface area contributed by atoms with Crippen LogP contribution in [0.4, 0.5) is 8.78 Å². The molecule has 1 aliphatic heterocycles. The molecule has 1 aromatic rings. The lowest BCUT2D eigenvalue weighted by molar-refractivity contribution is 0.0971. The van der Waals surface area contributed by atoms with Crippen LogP contribution in [-0.4, -0.2) is 38.2 Å². The third-order valence-corrected chi connectivity index (χ3v) is 5.25. The van der Waals surface area contributed by atoms with E-state index in [1.54, 1.807) is 0 Å². The van der Waals surface area contributed by atoms with E-state index in [0.29, 0.717) is 5.92 Å². The van der Waals surface area contributed by atoms with Gasteiger partial charge in [0, 0.05) is 37.8 Å². The molecule has 23 heavy (non-hydrogen) atoms. The van der Waals surface area contributed by atoms with Crippen molar-refractivity contribution in [2.45, 2.75) is 38.1 Å². The summed E-state index contributed by atoms with van der Waals surface area (Å²) in [6.07, 6.45) is 5.63. The predicted octanol–water partition coefficient (Wildman–Crippen LogP) is 3.50. The Morgan fingerprint density at radius 3 is 2.48 bits per heavy atom. The zero-order valence-electron chi connectivity index (χ0n) is 13.8. The monoisotopic (exact) mass is 324 g/mol. The van der Waals surface area contributed by atoms with E-state index in [0.717, 1.165) is 51.9 Å². The van der Waals surface area contributed by atoms with Gasteiger partial charge in [0.05, 0.1) is 7.11 Å². The third kappa shape index (κ3) is 3.50. The molecule has 3 rings (SSSR count). The fraction of sp³-hybridized carbons (Fsp3) is 0.667. The van der Waals surface area contributed by atoms with E-state index in [-0.39, 0.29) is 17.4 Å². The van der Waals surface area contributed by atoms with Gasteiger partial charge in [0.1, 0.15) is 5.82 Å². The van der Waals surface area contributed by atoms with E-state index in [9.17, 15) is 8.78 Å². The van der Waals surface area contributed by atoms with Crippen molar-refractivity contribution in [3.63, 3.8) is 0 Å². The third-order valence-electron chi connectivity index (χ3n) is 5.25. The van der Waals surface area contributed by atoms with Crippen LogP contribution in [0.3, 0.4) is 0 Å². The van der Waals surface area contributed by atoms with Crippen molar-refractivity contribution in [1.82, 2.24) is 10.2 Å². The SMILES string of the molecule is COc1ccc(F)c([C@H](C2CCCCC2)N2CCNCC2)c1F. The number of halogens is 2. The lowest BCUT2D eigenvalue weighted by atomic mass is 9.79. The van der Waals surface area contributed by atoms with Crippen LogP contribution in [-0.2, 0) is 0 Å². The van der Waals surface area contributed by atoms with Gasteiger partial charge in [-0.1, -0.05) is 19.3 Å². The van der Waals surface area contributed by atoms with Crippen LogP contribution in [0, 0.1) is 17.6 Å². The second kappa shape index (κ2) is 7.58. The molecule has 2 fully saturated rings. The second-order valence-electron chi connectivity index (χ2n) is 6.61. The summed E-state index contributed by atoms with van der Waals surface area (Å²) in [5.74, 6) is -0.519. The minimum Gasteiger partial charge on any atom is -0.494 e. The fourth-order valence-electron chi connectivity index (χ4n) is 4.10. The largest absolute Gasteiger partial charge is 0.494 e. The highest BCUT2D eigenvalue weighted by molar-refractivity contribution is 5.35. The summed E-state index contributed by atoms with van der Waals surface area (Å²) in [4.78, 5) is 2.26. The van der Waals surface area contributed by atoms with E-state index < -0.39 is 11.6 Å². The zero-order valence-corrected chi connectivity index (χ0v) is 13.8. The normalized spacial score (nSPS) is 22.0. The number of rotatable bonds is 4. The maximum Gasteiger partial charge on any atom is 0.172 e. The lowest BCUT2D eigenvalue weighted by Crippen LogP contribution is -2.47. The smallest absolute Gasteiger partial charge is 0.172 e. The Labute approximate surface area is 137 Å². The maximum atomic E-state index is 14.9. The molecule has 3 nitrogen and oxygen atoms in total. The molecule has 1 saturated heterocycles. The molecule has 1 N–H and O–H groups in total. The molecule has 0 unspecified atom stereocenters. The summed E-state index contributed by atoms with van der Waals surface area (Å²) >= 11 is 0. The van der Waals surface area contributed by atoms with Gasteiger partial charge in [-0.05, 0) is 30.9 Å². The molecule has 0 spiro atoms. The first-order valence-electron chi connectivity index (χ1n) is 8.69. The van der Waals surface area contributed by atoms with Crippen molar-refractivity contribution in [2.75, 3.05) is 33.3 Å². The molecular formula is C18H26F2N2O. The number of benzene rings is 1. The summed E-state index contributed by atoms with van der Waals surface area (Å²) in [6, 6.07) is 2.53. The molecule has 0 aromatic heterocycles. The number of methoxy groups -OCH3 is 1. The number of piperazine rings is 1. The second-order valence-corrected chi connectivity index (χ2v) is 6.61. The van der Waals surface area contributed by atoms with E-state index in [1.165, 1.54) is 25.7 Å². The summed E-state index contributed by atoms with van der Waals surface area (Å²) in [5.41, 5.74) is 0.207. The molecule has 0 radical (unpaired) electrons. The molecular weight excluding hydrogens is 298 g/mol. The van der Waals surface area contributed by atoms with Gasteiger partial charge in [0.15, 0.2) is 11.6 Å². The van der Waals surface area contributed by atoms with Crippen LogP contribution < -0.4 is 10.1 Å². The molecule has 5 heteroatoms. The number of hydrogen-bond acceptors (Lipinski definition) is 3. The van der Waals surface area contributed by atoms with Gasteiger partial charge in [-0.25, -0.2) is 8.78 Å². The summed E-state index contributed by atoms with van der Waals surface area (Å²) in [5, 5.41) is 3.32. The molecule has 1 aliphatic carbocycles. The van der Waals surface area contributed by atoms with Crippen molar-refractivity contribution >= 4 is 0 Å². The van der Waals surface area contributed by atoms with E-state index >= 15 is 0 Å². The van der Waals surface area contributed by atoms with Crippen LogP contribution >= 0.6 is 0 Å². The van der Waals surface area contributed by atoms with Crippen LogP contribution in [0.1, 0.15) is 43.7 Å². The molecule has 0 bridgehead atoms. The Hall–Kier alpha value is -1.20.